The minimum Gasteiger partial charge on any atom is -0.444 e. The van der Waals surface area contributed by atoms with Crippen LogP contribution in [-0.4, -0.2) is 44.9 Å². The first-order valence-corrected chi connectivity index (χ1v) is 8.48. The van der Waals surface area contributed by atoms with Crippen LogP contribution >= 0.6 is 0 Å². The fourth-order valence-corrected chi connectivity index (χ4v) is 3.01. The number of likely N-dealkylation sites (tertiary alicyclic amines) is 1. The van der Waals surface area contributed by atoms with Gasteiger partial charge in [0.2, 0.25) is 0 Å². The molecule has 3 heterocycles. The van der Waals surface area contributed by atoms with Crippen molar-refractivity contribution >= 4 is 6.09 Å². The number of nitrogens with zero attached hydrogens (tertiary/aromatic N) is 3. The molecular formula is C18H23N5O2. The van der Waals surface area contributed by atoms with Crippen molar-refractivity contribution in [2.45, 2.75) is 45.1 Å². The highest BCUT2D eigenvalue weighted by Crippen LogP contribution is 2.29. The van der Waals surface area contributed by atoms with Gasteiger partial charge in [0.25, 0.3) is 0 Å². The Hall–Kier alpha value is -2.75. The van der Waals surface area contributed by atoms with E-state index < -0.39 is 5.60 Å². The number of ether oxygens (including phenoxy) is 1. The zero-order valence-electron chi connectivity index (χ0n) is 14.8. The predicted molar refractivity (Wildman–Crippen MR) is 92.9 cm³/mol. The van der Waals surface area contributed by atoms with Gasteiger partial charge in [0, 0.05) is 30.9 Å². The average Bonchev–Trinajstić information content (AvgIpc) is 3.22. The van der Waals surface area contributed by atoms with Gasteiger partial charge in [-0.15, -0.1) is 0 Å². The maximum atomic E-state index is 12.3. The van der Waals surface area contributed by atoms with Crippen molar-refractivity contribution in [2.24, 2.45) is 0 Å². The summed E-state index contributed by atoms with van der Waals surface area (Å²) in [7, 11) is 0. The van der Waals surface area contributed by atoms with Crippen molar-refractivity contribution in [3.8, 4) is 17.5 Å². The van der Waals surface area contributed by atoms with E-state index in [4.69, 9.17) is 10.00 Å². The number of nitrogens with one attached hydrogen (secondary N) is 2. The molecule has 1 aliphatic heterocycles. The number of carbonyl (C=O) groups excluding carboxylic acids is 1. The third kappa shape index (κ3) is 4.02. The Bertz CT molecular complexity index is 793. The molecule has 2 N–H and O–H groups in total. The SMILES string of the molecule is CC(C)(C)OC(=O)N1CCC[C@H](c2cc(-c3cc(C#N)c[nH]3)n[nH]2)C1. The lowest BCUT2D eigenvalue weighted by molar-refractivity contribution is 0.0197. The van der Waals surface area contributed by atoms with Crippen molar-refractivity contribution in [1.82, 2.24) is 20.1 Å². The number of hydrogen-bond acceptors (Lipinski definition) is 4. The summed E-state index contributed by atoms with van der Waals surface area (Å²) in [6.45, 7) is 6.96. The van der Waals surface area contributed by atoms with Crippen LogP contribution in [0.4, 0.5) is 4.79 Å². The molecule has 0 aliphatic carbocycles. The predicted octanol–water partition coefficient (Wildman–Crippen LogP) is 3.39. The topological polar surface area (TPSA) is 97.8 Å². The minimum absolute atomic E-state index is 0.202. The van der Waals surface area contributed by atoms with Crippen LogP contribution in [0.1, 0.15) is 50.8 Å². The van der Waals surface area contributed by atoms with Crippen molar-refractivity contribution in [1.29, 1.82) is 5.26 Å². The van der Waals surface area contributed by atoms with Crippen LogP contribution < -0.4 is 0 Å². The summed E-state index contributed by atoms with van der Waals surface area (Å²) in [4.78, 5) is 17.1. The second-order valence-electron chi connectivity index (χ2n) is 7.39. The first-order valence-electron chi connectivity index (χ1n) is 8.48. The molecule has 1 saturated heterocycles. The lowest BCUT2D eigenvalue weighted by atomic mass is 9.95. The molecule has 2 aromatic rings. The third-order valence-electron chi connectivity index (χ3n) is 4.20. The molecule has 0 bridgehead atoms. The van der Waals surface area contributed by atoms with Crippen molar-refractivity contribution in [2.75, 3.05) is 13.1 Å². The van der Waals surface area contributed by atoms with E-state index in [9.17, 15) is 4.79 Å². The summed E-state index contributed by atoms with van der Waals surface area (Å²) in [5, 5.41) is 16.3. The number of amides is 1. The Morgan fingerprint density at radius 1 is 1.44 bits per heavy atom. The smallest absolute Gasteiger partial charge is 0.410 e. The standard InChI is InChI=1S/C18H23N5O2/c1-18(2,3)25-17(24)23-6-4-5-13(11-23)14-8-16(22-21-14)15-7-12(9-19)10-20-15/h7-8,10,13,20H,4-6,11H2,1-3H3,(H,21,22)/t13-/m0/s1. The summed E-state index contributed by atoms with van der Waals surface area (Å²) in [5.74, 6) is 0.202. The molecule has 1 fully saturated rings. The van der Waals surface area contributed by atoms with E-state index >= 15 is 0 Å². The lowest BCUT2D eigenvalue weighted by Crippen LogP contribution is -2.42. The van der Waals surface area contributed by atoms with E-state index in [1.807, 2.05) is 26.8 Å². The van der Waals surface area contributed by atoms with Crippen LogP contribution in [0, 0.1) is 11.3 Å². The molecule has 7 nitrogen and oxygen atoms in total. The Morgan fingerprint density at radius 2 is 2.24 bits per heavy atom. The summed E-state index contributed by atoms with van der Waals surface area (Å²) in [5.41, 5.74) is 2.66. The van der Waals surface area contributed by atoms with Crippen LogP contribution in [0.3, 0.4) is 0 Å². The second kappa shape index (κ2) is 6.63. The van der Waals surface area contributed by atoms with E-state index in [-0.39, 0.29) is 12.0 Å². The number of H-pyrrole nitrogens is 2. The van der Waals surface area contributed by atoms with Crippen LogP contribution in [0.25, 0.3) is 11.4 Å². The number of nitriles is 1. The zero-order valence-corrected chi connectivity index (χ0v) is 14.8. The van der Waals surface area contributed by atoms with Gasteiger partial charge in [-0.05, 0) is 45.7 Å². The Labute approximate surface area is 147 Å². The molecule has 0 radical (unpaired) electrons. The fourth-order valence-electron chi connectivity index (χ4n) is 3.01. The molecular weight excluding hydrogens is 318 g/mol. The van der Waals surface area contributed by atoms with Gasteiger partial charge in [-0.1, -0.05) is 0 Å². The maximum Gasteiger partial charge on any atom is 0.410 e. The fraction of sp³-hybridized carbons (Fsp3) is 0.500. The van der Waals surface area contributed by atoms with E-state index in [2.05, 4.69) is 21.3 Å². The van der Waals surface area contributed by atoms with E-state index in [1.165, 1.54) is 0 Å². The van der Waals surface area contributed by atoms with Crippen molar-refractivity contribution in [3.05, 3.63) is 29.6 Å². The largest absolute Gasteiger partial charge is 0.444 e. The molecule has 0 unspecified atom stereocenters. The minimum atomic E-state index is -0.489. The molecule has 0 aromatic carbocycles. The van der Waals surface area contributed by atoms with Crippen LogP contribution in [0.5, 0.6) is 0 Å². The van der Waals surface area contributed by atoms with Gasteiger partial charge in [0.05, 0.1) is 11.3 Å². The number of carbonyl (C=O) groups is 1. The second-order valence-corrected chi connectivity index (χ2v) is 7.39. The van der Waals surface area contributed by atoms with Crippen LogP contribution in [0.15, 0.2) is 18.3 Å². The van der Waals surface area contributed by atoms with E-state index in [1.54, 1.807) is 17.2 Å². The van der Waals surface area contributed by atoms with Crippen LogP contribution in [-0.2, 0) is 4.74 Å². The molecule has 2 aromatic heterocycles. The molecule has 25 heavy (non-hydrogen) atoms. The molecule has 0 spiro atoms. The molecule has 1 amide bonds. The monoisotopic (exact) mass is 341 g/mol. The zero-order chi connectivity index (χ0) is 18.0. The maximum absolute atomic E-state index is 12.3. The lowest BCUT2D eigenvalue weighted by Gasteiger charge is -2.33. The number of hydrogen-bond donors (Lipinski definition) is 2. The van der Waals surface area contributed by atoms with Crippen molar-refractivity contribution < 1.29 is 9.53 Å². The number of piperidine rings is 1. The highest BCUT2D eigenvalue weighted by atomic mass is 16.6. The molecule has 0 saturated carbocycles. The van der Waals surface area contributed by atoms with Gasteiger partial charge < -0.3 is 14.6 Å². The Morgan fingerprint density at radius 3 is 2.92 bits per heavy atom. The highest BCUT2D eigenvalue weighted by Gasteiger charge is 2.29. The van der Waals surface area contributed by atoms with Gasteiger partial charge in [-0.2, -0.15) is 10.4 Å². The van der Waals surface area contributed by atoms with Gasteiger partial charge in [-0.25, -0.2) is 4.79 Å². The highest BCUT2D eigenvalue weighted by molar-refractivity contribution is 5.68. The first kappa shape index (κ1) is 17.1. The summed E-state index contributed by atoms with van der Waals surface area (Å²) in [6.07, 6.45) is 3.32. The third-order valence-corrected chi connectivity index (χ3v) is 4.20. The van der Waals surface area contributed by atoms with Gasteiger partial charge >= 0.3 is 6.09 Å². The van der Waals surface area contributed by atoms with E-state index in [0.717, 1.165) is 29.9 Å². The quantitative estimate of drug-likeness (QED) is 0.874. The Kier molecular flexibility index (Phi) is 4.53. The number of aromatic amines is 2. The van der Waals surface area contributed by atoms with Gasteiger partial charge in [0.1, 0.15) is 17.4 Å². The molecule has 1 atom stereocenters. The molecule has 7 heteroatoms. The molecule has 132 valence electrons. The van der Waals surface area contributed by atoms with Gasteiger partial charge in [0.15, 0.2) is 0 Å². The summed E-state index contributed by atoms with van der Waals surface area (Å²) >= 11 is 0. The molecule has 1 aliphatic rings. The van der Waals surface area contributed by atoms with Crippen LogP contribution in [0.2, 0.25) is 0 Å². The number of aromatic nitrogens is 3. The van der Waals surface area contributed by atoms with Gasteiger partial charge in [-0.3, -0.25) is 5.10 Å². The summed E-state index contributed by atoms with van der Waals surface area (Å²) in [6, 6.07) is 5.85. The van der Waals surface area contributed by atoms with E-state index in [0.29, 0.717) is 18.7 Å². The van der Waals surface area contributed by atoms with Crippen molar-refractivity contribution in [3.63, 3.8) is 0 Å². The first-order chi connectivity index (χ1) is 11.9. The average molecular weight is 341 g/mol. The Balaban J connectivity index is 1.70. The normalized spacial score (nSPS) is 18.0. The number of rotatable bonds is 2. The molecule has 3 rings (SSSR count). The summed E-state index contributed by atoms with van der Waals surface area (Å²) < 4.78 is 5.48.